The van der Waals surface area contributed by atoms with E-state index in [1.165, 1.54) is 15.3 Å². The third-order valence-corrected chi connectivity index (χ3v) is 6.80. The fourth-order valence-electron chi connectivity index (χ4n) is 4.05. The largest absolute Gasteiger partial charge is 0.381 e. The maximum Gasteiger partial charge on any atom is 0.191 e. The van der Waals surface area contributed by atoms with Crippen LogP contribution in [-0.2, 0) is 11.2 Å². The SMILES string of the molecule is CN=C(NCC1(NC(C)c2ccccc2)CCOCC1)NC(C)Cc1ccc(C)s1. The topological polar surface area (TPSA) is 57.7 Å². The molecule has 1 aliphatic rings. The highest BCUT2D eigenvalue weighted by Crippen LogP contribution is 2.25. The van der Waals surface area contributed by atoms with Crippen LogP contribution < -0.4 is 16.0 Å². The lowest BCUT2D eigenvalue weighted by Crippen LogP contribution is -2.58. The molecule has 1 saturated heterocycles. The molecular formula is C24H36N4OS. The van der Waals surface area contributed by atoms with Gasteiger partial charge in [0, 0.05) is 60.6 Å². The quantitative estimate of drug-likeness (QED) is 0.439. The Bertz CT molecular complexity index is 799. The molecule has 1 aromatic carbocycles. The molecule has 2 heterocycles. The van der Waals surface area contributed by atoms with Gasteiger partial charge in [0.05, 0.1) is 0 Å². The van der Waals surface area contributed by atoms with Crippen LogP contribution >= 0.6 is 11.3 Å². The Morgan fingerprint density at radius 2 is 1.87 bits per heavy atom. The molecule has 3 N–H and O–H groups in total. The molecule has 0 radical (unpaired) electrons. The molecule has 2 atom stereocenters. The summed E-state index contributed by atoms with van der Waals surface area (Å²) >= 11 is 1.87. The van der Waals surface area contributed by atoms with Crippen molar-refractivity contribution >= 4 is 17.3 Å². The van der Waals surface area contributed by atoms with Crippen molar-refractivity contribution < 1.29 is 4.74 Å². The minimum atomic E-state index is -0.0147. The zero-order valence-electron chi connectivity index (χ0n) is 18.7. The standard InChI is InChI=1S/C24H36N4OS/c1-18(16-22-11-10-19(2)30-22)27-23(25-4)26-17-24(12-14-29-15-13-24)28-20(3)21-8-6-5-7-9-21/h5-11,18,20,28H,12-17H2,1-4H3,(H2,25,26,27). The van der Waals surface area contributed by atoms with E-state index >= 15 is 0 Å². The van der Waals surface area contributed by atoms with E-state index in [1.807, 2.05) is 18.4 Å². The highest BCUT2D eigenvalue weighted by Gasteiger charge is 2.34. The van der Waals surface area contributed by atoms with E-state index < -0.39 is 0 Å². The van der Waals surface area contributed by atoms with Gasteiger partial charge in [0.1, 0.15) is 0 Å². The number of aliphatic imine (C=N–C) groups is 1. The van der Waals surface area contributed by atoms with Gasteiger partial charge in [0.2, 0.25) is 0 Å². The van der Waals surface area contributed by atoms with Crippen molar-refractivity contribution in [3.63, 3.8) is 0 Å². The predicted octanol–water partition coefficient (Wildman–Crippen LogP) is 4.05. The number of aryl methyl sites for hydroxylation is 1. The Morgan fingerprint density at radius 3 is 2.50 bits per heavy atom. The molecule has 1 aliphatic heterocycles. The van der Waals surface area contributed by atoms with E-state index in [-0.39, 0.29) is 11.6 Å². The first-order chi connectivity index (χ1) is 14.5. The molecule has 5 nitrogen and oxygen atoms in total. The van der Waals surface area contributed by atoms with Crippen molar-refractivity contribution in [1.82, 2.24) is 16.0 Å². The first-order valence-electron chi connectivity index (χ1n) is 10.9. The molecular weight excluding hydrogens is 392 g/mol. The van der Waals surface area contributed by atoms with Crippen LogP contribution in [0, 0.1) is 6.92 Å². The molecule has 164 valence electrons. The normalized spacial score (nSPS) is 18.6. The minimum absolute atomic E-state index is 0.0147. The van der Waals surface area contributed by atoms with Crippen LogP contribution in [0.2, 0.25) is 0 Å². The maximum atomic E-state index is 5.67. The van der Waals surface area contributed by atoms with E-state index in [9.17, 15) is 0 Å². The highest BCUT2D eigenvalue weighted by atomic mass is 32.1. The van der Waals surface area contributed by atoms with Crippen molar-refractivity contribution in [1.29, 1.82) is 0 Å². The van der Waals surface area contributed by atoms with Crippen molar-refractivity contribution in [2.75, 3.05) is 26.8 Å². The predicted molar refractivity (Wildman–Crippen MR) is 127 cm³/mol. The van der Waals surface area contributed by atoms with Crippen LogP contribution in [0.15, 0.2) is 47.5 Å². The molecule has 0 spiro atoms. The molecule has 0 aliphatic carbocycles. The molecule has 6 heteroatoms. The van der Waals surface area contributed by atoms with Gasteiger partial charge in [-0.2, -0.15) is 0 Å². The second-order valence-corrected chi connectivity index (χ2v) is 9.73. The smallest absolute Gasteiger partial charge is 0.191 e. The fraction of sp³-hybridized carbons (Fsp3) is 0.542. The summed E-state index contributed by atoms with van der Waals surface area (Å²) in [4.78, 5) is 7.23. The summed E-state index contributed by atoms with van der Waals surface area (Å²) in [5, 5.41) is 11.0. The van der Waals surface area contributed by atoms with E-state index in [1.54, 1.807) is 0 Å². The number of nitrogens with one attached hydrogen (secondary N) is 3. The Balaban J connectivity index is 1.58. The van der Waals surface area contributed by atoms with Crippen LogP contribution in [-0.4, -0.2) is 44.3 Å². The summed E-state index contributed by atoms with van der Waals surface area (Å²) in [5.41, 5.74) is 1.30. The first-order valence-corrected chi connectivity index (χ1v) is 11.7. The fourth-order valence-corrected chi connectivity index (χ4v) is 5.07. The van der Waals surface area contributed by atoms with Gasteiger partial charge in [-0.25, -0.2) is 0 Å². The highest BCUT2D eigenvalue weighted by molar-refractivity contribution is 7.11. The minimum Gasteiger partial charge on any atom is -0.381 e. The maximum absolute atomic E-state index is 5.67. The van der Waals surface area contributed by atoms with Gasteiger partial charge in [-0.15, -0.1) is 11.3 Å². The van der Waals surface area contributed by atoms with Crippen molar-refractivity contribution in [3.8, 4) is 0 Å². The summed E-state index contributed by atoms with van der Waals surface area (Å²) in [5.74, 6) is 0.857. The van der Waals surface area contributed by atoms with E-state index in [0.29, 0.717) is 6.04 Å². The molecule has 0 bridgehead atoms. The Kier molecular flexibility index (Phi) is 8.31. The Hall–Kier alpha value is -1.89. The van der Waals surface area contributed by atoms with Crippen LogP contribution in [0.3, 0.4) is 0 Å². The lowest BCUT2D eigenvalue weighted by molar-refractivity contribution is 0.0354. The first kappa shape index (κ1) is 22.8. The molecule has 0 saturated carbocycles. The summed E-state index contributed by atoms with van der Waals surface area (Å²) in [6, 6.07) is 15.7. The average molecular weight is 429 g/mol. The van der Waals surface area contributed by atoms with E-state index in [0.717, 1.165) is 45.0 Å². The monoisotopic (exact) mass is 428 g/mol. The number of thiophene rings is 1. The number of benzene rings is 1. The lowest BCUT2D eigenvalue weighted by Gasteiger charge is -2.41. The number of guanidine groups is 1. The molecule has 1 fully saturated rings. The van der Waals surface area contributed by atoms with Gasteiger partial charge in [-0.1, -0.05) is 30.3 Å². The molecule has 0 amide bonds. The van der Waals surface area contributed by atoms with Gasteiger partial charge in [0.25, 0.3) is 0 Å². The Labute approximate surface area is 185 Å². The summed E-state index contributed by atoms with van der Waals surface area (Å²) in [6.45, 7) is 9.00. The van der Waals surface area contributed by atoms with Crippen LogP contribution in [0.25, 0.3) is 0 Å². The third-order valence-electron chi connectivity index (χ3n) is 5.78. The zero-order chi connectivity index (χ0) is 21.4. The number of nitrogens with zero attached hydrogens (tertiary/aromatic N) is 1. The van der Waals surface area contributed by atoms with Gasteiger partial charge in [-0.05, 0) is 51.3 Å². The molecule has 1 aromatic heterocycles. The van der Waals surface area contributed by atoms with Gasteiger partial charge < -0.3 is 20.7 Å². The molecule has 2 aromatic rings. The number of ether oxygens (including phenoxy) is 1. The number of rotatable bonds is 8. The van der Waals surface area contributed by atoms with Gasteiger partial charge in [0.15, 0.2) is 5.96 Å². The summed E-state index contributed by atoms with van der Waals surface area (Å²) in [6.07, 6.45) is 2.97. The molecule has 30 heavy (non-hydrogen) atoms. The third kappa shape index (κ3) is 6.56. The molecule has 3 rings (SSSR count). The van der Waals surface area contributed by atoms with Gasteiger partial charge >= 0.3 is 0 Å². The van der Waals surface area contributed by atoms with E-state index in [4.69, 9.17) is 4.74 Å². The van der Waals surface area contributed by atoms with Crippen LogP contribution in [0.1, 0.15) is 48.0 Å². The van der Waals surface area contributed by atoms with E-state index in [2.05, 4.69) is 84.2 Å². The second-order valence-electron chi connectivity index (χ2n) is 8.36. The Morgan fingerprint density at radius 1 is 1.13 bits per heavy atom. The average Bonchev–Trinajstić information content (AvgIpc) is 3.16. The lowest BCUT2D eigenvalue weighted by atomic mass is 9.88. The zero-order valence-corrected chi connectivity index (χ0v) is 19.5. The number of hydrogen-bond donors (Lipinski definition) is 3. The van der Waals surface area contributed by atoms with Crippen molar-refractivity contribution in [3.05, 3.63) is 57.8 Å². The second kappa shape index (κ2) is 10.9. The van der Waals surface area contributed by atoms with Crippen molar-refractivity contribution in [2.24, 2.45) is 4.99 Å². The van der Waals surface area contributed by atoms with Crippen LogP contribution in [0.4, 0.5) is 0 Å². The van der Waals surface area contributed by atoms with Gasteiger partial charge in [-0.3, -0.25) is 4.99 Å². The van der Waals surface area contributed by atoms with Crippen LogP contribution in [0.5, 0.6) is 0 Å². The summed E-state index contributed by atoms with van der Waals surface area (Å²) < 4.78 is 5.67. The summed E-state index contributed by atoms with van der Waals surface area (Å²) in [7, 11) is 1.84. The van der Waals surface area contributed by atoms with Crippen molar-refractivity contribution in [2.45, 2.75) is 57.7 Å². The molecule has 2 unspecified atom stereocenters. The number of hydrogen-bond acceptors (Lipinski definition) is 4.